The molecule has 1 saturated heterocycles. The van der Waals surface area contributed by atoms with E-state index < -0.39 is 0 Å². The zero-order valence-electron chi connectivity index (χ0n) is 16.5. The molecule has 4 heterocycles. The molecule has 9 heteroatoms. The predicted molar refractivity (Wildman–Crippen MR) is 114 cm³/mol. The van der Waals surface area contributed by atoms with Gasteiger partial charge < -0.3 is 15.0 Å². The molecule has 0 aliphatic carbocycles. The molecule has 152 valence electrons. The van der Waals surface area contributed by atoms with Crippen molar-refractivity contribution < 1.29 is 9.53 Å². The van der Waals surface area contributed by atoms with Crippen LogP contribution in [-0.2, 0) is 16.1 Å². The second kappa shape index (κ2) is 8.30. The maximum Gasteiger partial charge on any atom is 0.262 e. The first-order chi connectivity index (χ1) is 14.0. The van der Waals surface area contributed by atoms with Gasteiger partial charge in [-0.25, -0.2) is 9.97 Å². The number of hydrogen-bond donors (Lipinski definition) is 1. The lowest BCUT2D eigenvalue weighted by Crippen LogP contribution is -2.36. The second-order valence-corrected chi connectivity index (χ2v) is 8.21. The monoisotopic (exact) mass is 413 g/mol. The Morgan fingerprint density at radius 3 is 2.76 bits per heavy atom. The fraction of sp³-hybridized carbons (Fsp3) is 0.400. The number of carbonyl (C=O) groups excluding carboxylic acids is 1. The summed E-state index contributed by atoms with van der Waals surface area (Å²) in [6.07, 6.45) is 3.35. The van der Waals surface area contributed by atoms with Crippen LogP contribution in [0.5, 0.6) is 0 Å². The number of rotatable bonds is 5. The molecular formula is C20H23N5O3S. The van der Waals surface area contributed by atoms with Gasteiger partial charge in [0.1, 0.15) is 10.6 Å². The molecule has 8 nitrogen and oxygen atoms in total. The average molecular weight is 414 g/mol. The van der Waals surface area contributed by atoms with Crippen molar-refractivity contribution in [1.82, 2.24) is 14.5 Å². The standard InChI is InChI=1S/C20H23N5O3S/c1-13-14(2)29-19-18(13)20(27)25(12-22-19)6-5-17(26)23-15-3-4-16(21-11-15)24-7-9-28-10-8-24/h3-4,11-12H,5-10H2,1-2H3,(H,23,26). The van der Waals surface area contributed by atoms with Crippen LogP contribution >= 0.6 is 11.3 Å². The molecule has 4 rings (SSSR count). The molecular weight excluding hydrogens is 390 g/mol. The van der Waals surface area contributed by atoms with Crippen molar-refractivity contribution >= 4 is 39.0 Å². The summed E-state index contributed by atoms with van der Waals surface area (Å²) in [5.74, 6) is 0.704. The highest BCUT2D eigenvalue weighted by atomic mass is 32.1. The van der Waals surface area contributed by atoms with Crippen LogP contribution in [0.2, 0.25) is 0 Å². The van der Waals surface area contributed by atoms with E-state index >= 15 is 0 Å². The van der Waals surface area contributed by atoms with Gasteiger partial charge in [-0.15, -0.1) is 11.3 Å². The van der Waals surface area contributed by atoms with Gasteiger partial charge in [0.2, 0.25) is 5.91 Å². The summed E-state index contributed by atoms with van der Waals surface area (Å²) in [6.45, 7) is 7.22. The van der Waals surface area contributed by atoms with E-state index in [4.69, 9.17) is 4.74 Å². The van der Waals surface area contributed by atoms with E-state index in [-0.39, 0.29) is 24.4 Å². The van der Waals surface area contributed by atoms with E-state index in [9.17, 15) is 9.59 Å². The number of anilines is 2. The number of ether oxygens (including phenoxy) is 1. The summed E-state index contributed by atoms with van der Waals surface area (Å²) < 4.78 is 6.85. The van der Waals surface area contributed by atoms with Crippen molar-refractivity contribution in [2.24, 2.45) is 0 Å². The summed E-state index contributed by atoms with van der Waals surface area (Å²) in [7, 11) is 0. The van der Waals surface area contributed by atoms with E-state index in [1.54, 1.807) is 6.20 Å². The third kappa shape index (κ3) is 4.15. The van der Waals surface area contributed by atoms with Crippen molar-refractivity contribution in [3.05, 3.63) is 45.5 Å². The Balaban J connectivity index is 1.38. The second-order valence-electron chi connectivity index (χ2n) is 7.01. The number of morpholine rings is 1. The number of amides is 1. The Labute approximate surface area is 172 Å². The minimum atomic E-state index is -0.170. The third-order valence-electron chi connectivity index (χ3n) is 5.10. The van der Waals surface area contributed by atoms with Crippen molar-refractivity contribution in [3.63, 3.8) is 0 Å². The molecule has 0 aromatic carbocycles. The third-order valence-corrected chi connectivity index (χ3v) is 6.22. The van der Waals surface area contributed by atoms with Crippen molar-refractivity contribution in [2.75, 3.05) is 36.5 Å². The summed E-state index contributed by atoms with van der Waals surface area (Å²) in [6, 6.07) is 3.73. The normalized spacial score (nSPS) is 14.3. The molecule has 1 aliphatic heterocycles. The van der Waals surface area contributed by atoms with Gasteiger partial charge in [-0.2, -0.15) is 0 Å². The molecule has 0 bridgehead atoms. The van der Waals surface area contributed by atoms with Crippen LogP contribution in [0.1, 0.15) is 16.9 Å². The topological polar surface area (TPSA) is 89.3 Å². The molecule has 1 aliphatic rings. The number of aryl methyl sites for hydroxylation is 3. The van der Waals surface area contributed by atoms with E-state index in [1.165, 1.54) is 22.2 Å². The molecule has 0 spiro atoms. The lowest BCUT2D eigenvalue weighted by molar-refractivity contribution is -0.116. The summed E-state index contributed by atoms with van der Waals surface area (Å²) >= 11 is 1.52. The summed E-state index contributed by atoms with van der Waals surface area (Å²) in [5.41, 5.74) is 1.51. The van der Waals surface area contributed by atoms with Crippen LogP contribution in [0.3, 0.4) is 0 Å². The highest BCUT2D eigenvalue weighted by Crippen LogP contribution is 2.25. The first-order valence-electron chi connectivity index (χ1n) is 9.56. The van der Waals surface area contributed by atoms with Crippen molar-refractivity contribution in [1.29, 1.82) is 0 Å². The number of aromatic nitrogens is 3. The van der Waals surface area contributed by atoms with Crippen molar-refractivity contribution in [2.45, 2.75) is 26.8 Å². The van der Waals surface area contributed by atoms with Gasteiger partial charge in [0.25, 0.3) is 5.56 Å². The molecule has 3 aromatic heterocycles. The fourth-order valence-electron chi connectivity index (χ4n) is 3.31. The highest BCUT2D eigenvalue weighted by molar-refractivity contribution is 7.18. The summed E-state index contributed by atoms with van der Waals surface area (Å²) in [5, 5.41) is 3.49. The van der Waals surface area contributed by atoms with Crippen LogP contribution in [-0.4, -0.2) is 46.7 Å². The Morgan fingerprint density at radius 2 is 2.03 bits per heavy atom. The van der Waals surface area contributed by atoms with Gasteiger partial charge >= 0.3 is 0 Å². The Bertz CT molecular complexity index is 1080. The number of thiophene rings is 1. The molecule has 0 radical (unpaired) electrons. The molecule has 1 fully saturated rings. The molecule has 3 aromatic rings. The number of fused-ring (bicyclic) bond motifs is 1. The number of hydrogen-bond acceptors (Lipinski definition) is 7. The average Bonchev–Trinajstić information content (AvgIpc) is 3.03. The number of nitrogens with zero attached hydrogens (tertiary/aromatic N) is 4. The van der Waals surface area contributed by atoms with E-state index in [1.807, 2.05) is 26.0 Å². The van der Waals surface area contributed by atoms with Crippen LogP contribution in [0.15, 0.2) is 29.5 Å². The van der Waals surface area contributed by atoms with Gasteiger partial charge in [-0.05, 0) is 31.5 Å². The van der Waals surface area contributed by atoms with Gasteiger partial charge in [-0.3, -0.25) is 14.2 Å². The highest BCUT2D eigenvalue weighted by Gasteiger charge is 2.14. The predicted octanol–water partition coefficient (Wildman–Crippen LogP) is 2.34. The number of carbonyl (C=O) groups is 1. The number of pyridine rings is 1. The van der Waals surface area contributed by atoms with Crippen molar-refractivity contribution in [3.8, 4) is 0 Å². The number of nitrogens with one attached hydrogen (secondary N) is 1. The van der Waals surface area contributed by atoms with E-state index in [2.05, 4.69) is 20.2 Å². The Hall–Kier alpha value is -2.78. The van der Waals surface area contributed by atoms with E-state index in [0.717, 1.165) is 34.2 Å². The zero-order valence-corrected chi connectivity index (χ0v) is 17.3. The molecule has 0 atom stereocenters. The lowest BCUT2D eigenvalue weighted by Gasteiger charge is -2.27. The maximum absolute atomic E-state index is 12.7. The first kappa shape index (κ1) is 19.5. The zero-order chi connectivity index (χ0) is 20.4. The van der Waals surface area contributed by atoms with Crippen LogP contribution in [0.4, 0.5) is 11.5 Å². The molecule has 0 unspecified atom stereocenters. The molecule has 0 saturated carbocycles. The van der Waals surface area contributed by atoms with Gasteiger partial charge in [-0.1, -0.05) is 0 Å². The van der Waals surface area contributed by atoms with Gasteiger partial charge in [0.15, 0.2) is 0 Å². The van der Waals surface area contributed by atoms with Gasteiger partial charge in [0, 0.05) is 30.9 Å². The Kier molecular flexibility index (Phi) is 5.59. The molecule has 29 heavy (non-hydrogen) atoms. The smallest absolute Gasteiger partial charge is 0.262 e. The summed E-state index contributed by atoms with van der Waals surface area (Å²) in [4.78, 5) is 37.8. The largest absolute Gasteiger partial charge is 0.378 e. The van der Waals surface area contributed by atoms with Crippen LogP contribution < -0.4 is 15.8 Å². The minimum absolute atomic E-state index is 0.0961. The quantitative estimate of drug-likeness (QED) is 0.691. The Morgan fingerprint density at radius 1 is 1.24 bits per heavy atom. The van der Waals surface area contributed by atoms with E-state index in [0.29, 0.717) is 24.3 Å². The molecule has 1 amide bonds. The van der Waals surface area contributed by atoms with Gasteiger partial charge in [0.05, 0.1) is 36.8 Å². The first-order valence-corrected chi connectivity index (χ1v) is 10.4. The lowest BCUT2D eigenvalue weighted by atomic mass is 10.2. The fourth-order valence-corrected chi connectivity index (χ4v) is 4.30. The minimum Gasteiger partial charge on any atom is -0.378 e. The maximum atomic E-state index is 12.7. The molecule has 1 N–H and O–H groups in total. The SMILES string of the molecule is Cc1sc2ncn(CCC(=O)Nc3ccc(N4CCOCC4)nc3)c(=O)c2c1C. The van der Waals surface area contributed by atoms with Crippen LogP contribution in [0.25, 0.3) is 10.2 Å². The van der Waals surface area contributed by atoms with Crippen LogP contribution in [0, 0.1) is 13.8 Å².